The van der Waals surface area contributed by atoms with Gasteiger partial charge in [0, 0.05) is 34.5 Å². The lowest BCUT2D eigenvalue weighted by Crippen LogP contribution is -2.50. The molecule has 0 aromatic rings. The predicted molar refractivity (Wildman–Crippen MR) is 539 cm³/mol. The van der Waals surface area contributed by atoms with Gasteiger partial charge in [0.2, 0.25) is 0 Å². The number of hydrogen-bond acceptors (Lipinski definition) is 12. The summed E-state index contributed by atoms with van der Waals surface area (Å²) in [5, 5.41) is 0. The Morgan fingerprint density at radius 1 is 0.276 bits per heavy atom. The standard InChI is InChI=1S/C19H30O2.C18H28O2.C17H28O2.C17H30O2.C16H26O2.C16H28O2.12CH4/c1-4-11(3)18(20)21-19(5-2)10-14-9-15(19)17-13-7-6-12(8-13)16(14)17;1-4-10(2)17(19)20-18(3)9-13-8-14(18)16-12-6-5-11(7-12)15(13)16;1-4-11(3)16(18)19-17(5-2)10-12-9-15(17)14-8-6-7-13(12)14;1-7-12(3)14(18)19-17(8-2)11-13-9-10-16(17,6)15(13,4)5;1-4-10(2)15(17)18-16(3)9-11-8-14(16)13-7-5-6-12(11)13;1-7-11(2)13(17)18-16(6)10-12-8-9-15(16,5)14(12,3)4;;;;;;;;;;;;/h11-17H,4-10H2,1-3H3;10-16H,4-9H2,1-3H3;11-15H,4-10H2,1-3H3;12-13H,7-11H2,1-6H3;10-14H,4-9H2,1-3H3;11-12H,7-10H2,1-6H3;12*1H4. The number of ether oxygens (including phenoxy) is 6. The average Bonchev–Trinajstić information content (AvgIpc) is 1.53. The maximum Gasteiger partial charge on any atom is 0.309 e. The van der Waals surface area contributed by atoms with Crippen LogP contribution in [0.2, 0.25) is 0 Å². The van der Waals surface area contributed by atoms with Crippen LogP contribution in [-0.2, 0) is 57.2 Å². The maximum absolute atomic E-state index is 12.4. The number of carbonyl (C=O) groups excluding carboxylic acids is 6. The predicted octanol–water partition coefficient (Wildman–Crippen LogP) is 32.8. The van der Waals surface area contributed by atoms with E-state index in [-0.39, 0.29) is 210 Å². The van der Waals surface area contributed by atoms with Crippen LogP contribution in [0.4, 0.5) is 0 Å². The fourth-order valence-electron chi connectivity index (χ4n) is 32.4. The normalized spacial score (nSPS) is 42.5. The van der Waals surface area contributed by atoms with Crippen LogP contribution in [0.25, 0.3) is 0 Å². The topological polar surface area (TPSA) is 158 Å². The number of esters is 6. The molecule has 18 rings (SSSR count). The maximum atomic E-state index is 12.4. The molecule has 127 heavy (non-hydrogen) atoms. The Bertz CT molecular complexity index is 3470. The molecule has 0 spiro atoms. The van der Waals surface area contributed by atoms with E-state index in [9.17, 15) is 28.8 Å². The van der Waals surface area contributed by atoms with Crippen molar-refractivity contribution in [3.8, 4) is 0 Å². The second kappa shape index (κ2) is 45.6. The van der Waals surface area contributed by atoms with Gasteiger partial charge in [-0.1, -0.05) is 247 Å². The minimum absolute atomic E-state index is 0. The van der Waals surface area contributed by atoms with Gasteiger partial charge in [-0.05, 0) is 350 Å². The zero-order valence-corrected chi connectivity index (χ0v) is 77.8. The Morgan fingerprint density at radius 2 is 0.583 bits per heavy atom. The first-order valence-corrected chi connectivity index (χ1v) is 49.6. The smallest absolute Gasteiger partial charge is 0.309 e. The second-order valence-electron chi connectivity index (χ2n) is 46.1. The van der Waals surface area contributed by atoms with Gasteiger partial charge in [0.15, 0.2) is 0 Å². The molecule has 36 unspecified atom stereocenters. The van der Waals surface area contributed by atoms with Crippen molar-refractivity contribution in [3.05, 3.63) is 0 Å². The third kappa shape index (κ3) is 20.5. The largest absolute Gasteiger partial charge is 0.459 e. The highest BCUT2D eigenvalue weighted by molar-refractivity contribution is 5.75. The Morgan fingerprint density at radius 3 is 0.969 bits per heavy atom. The van der Waals surface area contributed by atoms with Gasteiger partial charge in [0.25, 0.3) is 0 Å². The zero-order valence-electron chi connectivity index (χ0n) is 77.8. The molecule has 18 fully saturated rings. The Hall–Kier alpha value is -3.18. The molecule has 0 radical (unpaired) electrons. The van der Waals surface area contributed by atoms with Crippen LogP contribution in [0, 0.1) is 187 Å². The number of carbonyl (C=O) groups is 6. The first-order valence-electron chi connectivity index (χ1n) is 49.6. The lowest BCUT2D eigenvalue weighted by molar-refractivity contribution is -0.184. The van der Waals surface area contributed by atoms with E-state index in [2.05, 4.69) is 118 Å². The molecule has 16 bridgehead atoms. The summed E-state index contributed by atoms with van der Waals surface area (Å²) >= 11 is 0. The summed E-state index contributed by atoms with van der Waals surface area (Å²) < 4.78 is 36.5. The van der Waals surface area contributed by atoms with Crippen molar-refractivity contribution < 1.29 is 57.2 Å². The highest BCUT2D eigenvalue weighted by Gasteiger charge is 2.73. The van der Waals surface area contributed by atoms with Gasteiger partial charge in [0.05, 0.1) is 35.5 Å². The molecular weight excluding hydrogens is 1570 g/mol. The molecule has 36 atom stereocenters. The molecule has 0 aromatic heterocycles. The monoisotopic (exact) mass is 1790 g/mol. The van der Waals surface area contributed by atoms with E-state index >= 15 is 0 Å². The van der Waals surface area contributed by atoms with E-state index in [1.165, 1.54) is 135 Å². The summed E-state index contributed by atoms with van der Waals surface area (Å²) in [6, 6.07) is 0. The number of hydrogen-bond donors (Lipinski definition) is 0. The van der Waals surface area contributed by atoms with E-state index < -0.39 is 0 Å². The quantitative estimate of drug-likeness (QED) is 0.0609. The molecule has 12 heteroatoms. The molecule has 0 saturated heterocycles. The first kappa shape index (κ1) is 122. The van der Waals surface area contributed by atoms with Gasteiger partial charge >= 0.3 is 35.8 Å². The van der Waals surface area contributed by atoms with E-state index in [0.717, 1.165) is 185 Å². The van der Waals surface area contributed by atoms with Crippen LogP contribution in [0.3, 0.4) is 0 Å². The van der Waals surface area contributed by atoms with Crippen molar-refractivity contribution in [2.75, 3.05) is 0 Å². The van der Waals surface area contributed by atoms with Crippen LogP contribution < -0.4 is 0 Å². The van der Waals surface area contributed by atoms with Crippen LogP contribution >= 0.6 is 0 Å². The van der Waals surface area contributed by atoms with Crippen LogP contribution in [0.1, 0.15) is 480 Å². The molecule has 12 nitrogen and oxygen atoms in total. The van der Waals surface area contributed by atoms with Gasteiger partial charge in [-0.2, -0.15) is 0 Å². The minimum atomic E-state index is -0.264. The van der Waals surface area contributed by atoms with Crippen LogP contribution in [0.15, 0.2) is 0 Å². The molecule has 0 aromatic carbocycles. The average molecular weight is 1790 g/mol. The van der Waals surface area contributed by atoms with Crippen molar-refractivity contribution >= 4 is 35.8 Å². The SMILES string of the molecule is C.C.C.C.C.C.C.C.C.C.C.C.CCC(C)C(=O)OC1(C)CC2CC1C1C3CCC(C3)C21.CCC(C)C(=O)OC1(C)CC2CC1C1CCCC21.CCC(C)C(=O)OC1(C)CC2CCC1(C)C2(C)C.CCC(C)C(=O)OC1(CC)CC2CC1C1C3CCC(C3)C21.CCC(C)C(=O)OC1(CC)CC2CC1C1CCCC21.CCC(C)C(=O)OC1(CC)CC2CCC1(C)C2(C)C. The fraction of sp³-hybridized carbons (Fsp3) is 0.948. The third-order valence-electron chi connectivity index (χ3n) is 41.3. The van der Waals surface area contributed by atoms with Crippen molar-refractivity contribution in [2.45, 2.75) is 514 Å². The highest BCUT2D eigenvalue weighted by Crippen LogP contribution is 2.76. The fourth-order valence-corrected chi connectivity index (χ4v) is 32.4. The van der Waals surface area contributed by atoms with Crippen LogP contribution in [0.5, 0.6) is 0 Å². The second-order valence-corrected chi connectivity index (χ2v) is 46.1. The Kier molecular flexibility index (Phi) is 43.8. The summed E-state index contributed by atoms with van der Waals surface area (Å²) in [7, 11) is 0. The minimum Gasteiger partial charge on any atom is -0.459 e. The highest BCUT2D eigenvalue weighted by atomic mass is 16.6. The van der Waals surface area contributed by atoms with Crippen molar-refractivity contribution in [2.24, 2.45) is 187 Å². The summed E-state index contributed by atoms with van der Waals surface area (Å²) in [5.41, 5.74) is -0.118. The van der Waals surface area contributed by atoms with Gasteiger partial charge in [-0.15, -0.1) is 0 Å². The zero-order chi connectivity index (χ0) is 83.6. The first-order chi connectivity index (χ1) is 54.2. The van der Waals surface area contributed by atoms with Gasteiger partial charge in [-0.3, -0.25) is 28.8 Å². The van der Waals surface area contributed by atoms with Gasteiger partial charge in [0.1, 0.15) is 33.6 Å². The molecule has 0 heterocycles. The summed E-state index contributed by atoms with van der Waals surface area (Å²) in [6.07, 6.45) is 42.6. The lowest BCUT2D eigenvalue weighted by Gasteiger charge is -2.47. The van der Waals surface area contributed by atoms with E-state index in [4.69, 9.17) is 28.4 Å². The number of fused-ring (bicyclic) bond motifs is 32. The molecule has 18 aliphatic rings. The van der Waals surface area contributed by atoms with E-state index in [1.807, 2.05) is 48.5 Å². The third-order valence-corrected chi connectivity index (χ3v) is 41.3. The Balaban J connectivity index is 0.000000749. The van der Waals surface area contributed by atoms with Crippen molar-refractivity contribution in [3.63, 3.8) is 0 Å². The molecule has 0 aliphatic heterocycles. The van der Waals surface area contributed by atoms with Crippen molar-refractivity contribution in [1.29, 1.82) is 0 Å². The molecule has 0 amide bonds. The molecule has 18 aliphatic carbocycles. The van der Waals surface area contributed by atoms with Crippen molar-refractivity contribution in [1.82, 2.24) is 0 Å². The molecule has 750 valence electrons. The lowest BCUT2D eigenvalue weighted by atomic mass is 9.63. The number of rotatable bonds is 21. The van der Waals surface area contributed by atoms with E-state index in [0.29, 0.717) is 40.9 Å². The van der Waals surface area contributed by atoms with Crippen LogP contribution in [-0.4, -0.2) is 69.4 Å². The van der Waals surface area contributed by atoms with Gasteiger partial charge < -0.3 is 28.4 Å². The van der Waals surface area contributed by atoms with Gasteiger partial charge in [-0.25, -0.2) is 0 Å². The molecule has 0 N–H and O–H groups in total. The van der Waals surface area contributed by atoms with E-state index in [1.54, 1.807) is 0 Å². The molecule has 18 saturated carbocycles. The summed E-state index contributed by atoms with van der Waals surface area (Å²) in [4.78, 5) is 73.4. The Labute approximate surface area is 789 Å². The summed E-state index contributed by atoms with van der Waals surface area (Å²) in [6.45, 7) is 51.7. The molecular formula is C115H218O12. The summed E-state index contributed by atoms with van der Waals surface area (Å²) in [5.74, 6) is 19.4.